The van der Waals surface area contributed by atoms with E-state index < -0.39 is 0 Å². The molecule has 2 aliphatic carbocycles. The number of benzene rings is 1. The van der Waals surface area contributed by atoms with Crippen molar-refractivity contribution < 1.29 is 8.78 Å². The van der Waals surface area contributed by atoms with Gasteiger partial charge in [-0.1, -0.05) is 51.2 Å². The minimum absolute atomic E-state index is 0.0733. The molecule has 0 unspecified atom stereocenters. The molecule has 1 aromatic carbocycles. The Balaban J connectivity index is 1.78. The molecular formula is C23H32F2. The number of unbranched alkanes of at least 4 members (excludes halogenated alkanes) is 1. The van der Waals surface area contributed by atoms with Gasteiger partial charge in [-0.15, -0.1) is 0 Å². The van der Waals surface area contributed by atoms with Gasteiger partial charge >= 0.3 is 0 Å². The van der Waals surface area contributed by atoms with Gasteiger partial charge in [0.05, 0.1) is 0 Å². The Morgan fingerprint density at radius 1 is 1.00 bits per heavy atom. The molecule has 0 nitrogen and oxygen atoms in total. The Bertz CT molecular complexity index is 621. The Morgan fingerprint density at radius 2 is 1.76 bits per heavy atom. The van der Waals surface area contributed by atoms with Crippen molar-refractivity contribution in [2.24, 2.45) is 5.92 Å². The van der Waals surface area contributed by atoms with Gasteiger partial charge in [0.1, 0.15) is 11.6 Å². The van der Waals surface area contributed by atoms with Crippen LogP contribution in [0.1, 0.15) is 101 Å². The first-order chi connectivity index (χ1) is 12.1. The number of hydrogen-bond donors (Lipinski definition) is 0. The maximum absolute atomic E-state index is 15.1. The van der Waals surface area contributed by atoms with Crippen LogP contribution in [0.15, 0.2) is 11.6 Å². The van der Waals surface area contributed by atoms with Gasteiger partial charge in [0.15, 0.2) is 0 Å². The van der Waals surface area contributed by atoms with Crippen LogP contribution in [0.5, 0.6) is 0 Å². The third kappa shape index (κ3) is 4.15. The third-order valence-corrected chi connectivity index (χ3v) is 6.24. The molecule has 0 bridgehead atoms. The Kier molecular flexibility index (Phi) is 6.30. The average molecular weight is 347 g/mol. The van der Waals surface area contributed by atoms with Crippen LogP contribution in [0.3, 0.4) is 0 Å². The molecule has 0 radical (unpaired) electrons. The summed E-state index contributed by atoms with van der Waals surface area (Å²) < 4.78 is 29.9. The van der Waals surface area contributed by atoms with E-state index in [2.05, 4.69) is 13.8 Å². The van der Waals surface area contributed by atoms with E-state index >= 15 is 4.39 Å². The van der Waals surface area contributed by atoms with E-state index in [0.717, 1.165) is 68.4 Å². The summed E-state index contributed by atoms with van der Waals surface area (Å²) in [4.78, 5) is 0. The van der Waals surface area contributed by atoms with Crippen LogP contribution in [-0.2, 0) is 6.42 Å². The lowest BCUT2D eigenvalue weighted by Crippen LogP contribution is -2.17. The van der Waals surface area contributed by atoms with Crippen LogP contribution in [0, 0.1) is 17.6 Å². The lowest BCUT2D eigenvalue weighted by Gasteiger charge is -2.30. The second kappa shape index (κ2) is 8.47. The summed E-state index contributed by atoms with van der Waals surface area (Å²) in [5, 5.41) is 0. The fourth-order valence-corrected chi connectivity index (χ4v) is 4.78. The minimum Gasteiger partial charge on any atom is -0.207 e. The predicted octanol–water partition coefficient (Wildman–Crippen LogP) is 7.56. The molecule has 0 atom stereocenters. The highest BCUT2D eigenvalue weighted by Crippen LogP contribution is 2.42. The first-order valence-electron chi connectivity index (χ1n) is 10.3. The van der Waals surface area contributed by atoms with Crippen LogP contribution in [0.2, 0.25) is 0 Å². The largest absolute Gasteiger partial charge is 0.207 e. The summed E-state index contributed by atoms with van der Waals surface area (Å²) in [6.45, 7) is 4.38. The lowest BCUT2D eigenvalue weighted by atomic mass is 9.75. The quantitative estimate of drug-likeness (QED) is 0.498. The fraction of sp³-hybridized carbons (Fsp3) is 0.652. The molecule has 2 heteroatoms. The van der Waals surface area contributed by atoms with Crippen LogP contribution in [-0.4, -0.2) is 0 Å². The Labute approximate surface area is 151 Å². The molecule has 1 saturated carbocycles. The second-order valence-electron chi connectivity index (χ2n) is 8.07. The van der Waals surface area contributed by atoms with Crippen LogP contribution in [0.4, 0.5) is 8.78 Å². The van der Waals surface area contributed by atoms with E-state index in [9.17, 15) is 4.39 Å². The van der Waals surface area contributed by atoms with E-state index in [1.165, 1.54) is 24.8 Å². The minimum atomic E-state index is -0.317. The van der Waals surface area contributed by atoms with Gasteiger partial charge in [-0.2, -0.15) is 0 Å². The van der Waals surface area contributed by atoms with Crippen LogP contribution < -0.4 is 0 Å². The topological polar surface area (TPSA) is 0 Å². The van der Waals surface area contributed by atoms with Gasteiger partial charge in [-0.05, 0) is 74.0 Å². The van der Waals surface area contributed by atoms with E-state index in [0.29, 0.717) is 5.56 Å². The molecule has 0 N–H and O–H groups in total. The van der Waals surface area contributed by atoms with Crippen molar-refractivity contribution in [3.63, 3.8) is 0 Å². The molecule has 25 heavy (non-hydrogen) atoms. The Morgan fingerprint density at radius 3 is 2.44 bits per heavy atom. The molecular weight excluding hydrogens is 314 g/mol. The van der Waals surface area contributed by atoms with Gasteiger partial charge in [0.25, 0.3) is 0 Å². The lowest BCUT2D eigenvalue weighted by molar-refractivity contribution is 0.296. The van der Waals surface area contributed by atoms with Crippen molar-refractivity contribution in [2.75, 3.05) is 0 Å². The summed E-state index contributed by atoms with van der Waals surface area (Å²) in [6, 6.07) is 1.60. The van der Waals surface area contributed by atoms with Crippen molar-refractivity contribution in [1.29, 1.82) is 0 Å². The molecule has 1 aromatic rings. The molecule has 0 saturated heterocycles. The second-order valence-corrected chi connectivity index (χ2v) is 8.07. The molecule has 0 heterocycles. The number of allylic oxidation sites excluding steroid dienone is 1. The SMILES string of the molecule is CCCCC1CCC(c2c(F)cc3c(c2F)CCC(CCC)=C3)CC1. The highest BCUT2D eigenvalue weighted by Gasteiger charge is 2.29. The molecule has 0 spiro atoms. The van der Waals surface area contributed by atoms with Crippen molar-refractivity contribution >= 4 is 6.08 Å². The summed E-state index contributed by atoms with van der Waals surface area (Å²) in [5.41, 5.74) is 3.26. The summed E-state index contributed by atoms with van der Waals surface area (Å²) in [5.74, 6) is 0.282. The molecule has 2 aliphatic rings. The molecule has 1 fully saturated rings. The maximum atomic E-state index is 15.1. The Hall–Kier alpha value is -1.18. The monoisotopic (exact) mass is 346 g/mol. The van der Waals surface area contributed by atoms with E-state index in [-0.39, 0.29) is 17.6 Å². The van der Waals surface area contributed by atoms with Gasteiger partial charge in [-0.3, -0.25) is 0 Å². The van der Waals surface area contributed by atoms with Gasteiger partial charge in [-0.25, -0.2) is 8.78 Å². The zero-order chi connectivity index (χ0) is 17.8. The van der Waals surface area contributed by atoms with E-state index in [1.807, 2.05) is 6.08 Å². The van der Waals surface area contributed by atoms with E-state index in [4.69, 9.17) is 0 Å². The molecule has 138 valence electrons. The van der Waals surface area contributed by atoms with Gasteiger partial charge in [0, 0.05) is 5.56 Å². The molecule has 3 rings (SSSR count). The van der Waals surface area contributed by atoms with Crippen molar-refractivity contribution in [3.8, 4) is 0 Å². The van der Waals surface area contributed by atoms with Crippen LogP contribution in [0.25, 0.3) is 6.08 Å². The number of halogens is 2. The number of hydrogen-bond acceptors (Lipinski definition) is 0. The first kappa shape index (κ1) is 18.6. The van der Waals surface area contributed by atoms with Crippen molar-refractivity contribution in [1.82, 2.24) is 0 Å². The zero-order valence-electron chi connectivity index (χ0n) is 15.8. The third-order valence-electron chi connectivity index (χ3n) is 6.24. The smallest absolute Gasteiger partial charge is 0.133 e. The number of fused-ring (bicyclic) bond motifs is 1. The summed E-state index contributed by atoms with van der Waals surface area (Å²) >= 11 is 0. The molecule has 0 aliphatic heterocycles. The number of rotatable bonds is 6. The predicted molar refractivity (Wildman–Crippen MR) is 102 cm³/mol. The average Bonchev–Trinajstić information content (AvgIpc) is 2.61. The van der Waals surface area contributed by atoms with E-state index in [1.54, 1.807) is 6.07 Å². The van der Waals surface area contributed by atoms with Crippen molar-refractivity contribution in [2.45, 2.75) is 90.4 Å². The zero-order valence-corrected chi connectivity index (χ0v) is 15.8. The van der Waals surface area contributed by atoms with Crippen molar-refractivity contribution in [3.05, 3.63) is 40.0 Å². The first-order valence-corrected chi connectivity index (χ1v) is 10.3. The maximum Gasteiger partial charge on any atom is 0.133 e. The normalized spacial score (nSPS) is 23.3. The molecule has 0 amide bonds. The fourth-order valence-electron chi connectivity index (χ4n) is 4.78. The van der Waals surface area contributed by atoms with Gasteiger partial charge < -0.3 is 0 Å². The van der Waals surface area contributed by atoms with Gasteiger partial charge in [0.2, 0.25) is 0 Å². The highest BCUT2D eigenvalue weighted by molar-refractivity contribution is 5.61. The molecule has 0 aromatic heterocycles. The van der Waals surface area contributed by atoms with Crippen LogP contribution >= 0.6 is 0 Å². The standard InChI is InChI=1S/C23H32F2/c1-3-5-7-16-8-11-18(12-9-16)22-21(24)15-19-14-17(6-4-2)10-13-20(19)23(22)25/h14-16,18H,3-13H2,1-2H3. The summed E-state index contributed by atoms with van der Waals surface area (Å²) in [6.07, 6.45) is 13.7. The summed E-state index contributed by atoms with van der Waals surface area (Å²) in [7, 11) is 0. The highest BCUT2D eigenvalue weighted by atomic mass is 19.1.